The van der Waals surface area contributed by atoms with Crippen molar-refractivity contribution in [2.75, 3.05) is 26.2 Å². The summed E-state index contributed by atoms with van der Waals surface area (Å²) in [6.07, 6.45) is 1.57. The third-order valence-corrected chi connectivity index (χ3v) is 6.59. The Bertz CT molecular complexity index is 954. The summed E-state index contributed by atoms with van der Waals surface area (Å²) in [5, 5.41) is 1.91. The van der Waals surface area contributed by atoms with E-state index in [1.54, 1.807) is 23.1 Å². The van der Waals surface area contributed by atoms with E-state index in [9.17, 15) is 13.2 Å². The number of rotatable bonds is 4. The van der Waals surface area contributed by atoms with Crippen LogP contribution < -0.4 is 0 Å². The van der Waals surface area contributed by atoms with Crippen LogP contribution in [-0.4, -0.2) is 49.7 Å². The van der Waals surface area contributed by atoms with E-state index in [0.717, 1.165) is 5.56 Å². The van der Waals surface area contributed by atoms with E-state index in [2.05, 4.69) is 0 Å². The highest BCUT2D eigenvalue weighted by Crippen LogP contribution is 2.23. The largest absolute Gasteiger partial charge is 0.336 e. The average Bonchev–Trinajstić information content (AvgIpc) is 2.69. The Hall–Kier alpha value is -1.86. The number of carbonyl (C=O) groups is 1. The molecule has 0 aromatic heterocycles. The maximum absolute atomic E-state index is 12.6. The fraction of sp³-hybridized carbons (Fsp3) is 0.211. The highest BCUT2D eigenvalue weighted by molar-refractivity contribution is 7.92. The zero-order valence-corrected chi connectivity index (χ0v) is 16.7. The summed E-state index contributed by atoms with van der Waals surface area (Å²) in [6.45, 7) is 1.12. The topological polar surface area (TPSA) is 57.7 Å². The molecule has 1 saturated heterocycles. The molecule has 5 nitrogen and oxygen atoms in total. The van der Waals surface area contributed by atoms with Crippen LogP contribution in [0.1, 0.15) is 15.9 Å². The highest BCUT2D eigenvalue weighted by atomic mass is 35.5. The van der Waals surface area contributed by atoms with Crippen LogP contribution in [0.15, 0.2) is 53.9 Å². The maximum atomic E-state index is 12.6. The SMILES string of the molecule is O=C(c1ccc(Cl)c(Cl)c1)N1CCN(S(=O)(=O)/C=C/c2ccccc2)CC1. The van der Waals surface area contributed by atoms with Crippen molar-refractivity contribution < 1.29 is 13.2 Å². The molecule has 142 valence electrons. The van der Waals surface area contributed by atoms with Crippen LogP contribution in [0.4, 0.5) is 0 Å². The molecule has 3 rings (SSSR count). The minimum atomic E-state index is -3.53. The monoisotopic (exact) mass is 424 g/mol. The number of hydrogen-bond donors (Lipinski definition) is 0. The number of carbonyl (C=O) groups excluding carboxylic acids is 1. The Morgan fingerprint density at radius 3 is 2.22 bits per heavy atom. The van der Waals surface area contributed by atoms with Gasteiger partial charge in [-0.1, -0.05) is 53.5 Å². The lowest BCUT2D eigenvalue weighted by Gasteiger charge is -2.33. The molecule has 2 aromatic rings. The molecule has 1 amide bonds. The molecular formula is C19H18Cl2N2O3S. The molecule has 0 bridgehead atoms. The summed E-state index contributed by atoms with van der Waals surface area (Å²) in [7, 11) is -3.53. The van der Waals surface area contributed by atoms with Gasteiger partial charge < -0.3 is 4.90 Å². The van der Waals surface area contributed by atoms with Gasteiger partial charge in [0.05, 0.1) is 10.0 Å². The fourth-order valence-corrected chi connectivity index (χ4v) is 4.24. The van der Waals surface area contributed by atoms with Gasteiger partial charge in [0.1, 0.15) is 0 Å². The molecule has 8 heteroatoms. The number of piperazine rings is 1. The summed E-state index contributed by atoms with van der Waals surface area (Å²) in [5.74, 6) is -0.189. The Balaban J connectivity index is 1.63. The number of hydrogen-bond acceptors (Lipinski definition) is 3. The van der Waals surface area contributed by atoms with Crippen molar-refractivity contribution in [2.45, 2.75) is 0 Å². The van der Waals surface area contributed by atoms with Gasteiger partial charge in [-0.2, -0.15) is 4.31 Å². The minimum absolute atomic E-state index is 0.189. The second-order valence-corrected chi connectivity index (χ2v) is 8.71. The van der Waals surface area contributed by atoms with E-state index in [1.165, 1.54) is 15.8 Å². The molecule has 2 aromatic carbocycles. The highest BCUT2D eigenvalue weighted by Gasteiger charge is 2.28. The van der Waals surface area contributed by atoms with Crippen LogP contribution in [0.25, 0.3) is 6.08 Å². The molecular weight excluding hydrogens is 407 g/mol. The molecule has 0 unspecified atom stereocenters. The number of nitrogens with zero attached hydrogens (tertiary/aromatic N) is 2. The number of amides is 1. The normalized spacial score (nSPS) is 16.0. The second-order valence-electron chi connectivity index (χ2n) is 6.08. The van der Waals surface area contributed by atoms with Crippen molar-refractivity contribution in [3.8, 4) is 0 Å². The molecule has 1 aliphatic heterocycles. The third kappa shape index (κ3) is 4.90. The molecule has 0 radical (unpaired) electrons. The van der Waals surface area contributed by atoms with Crippen molar-refractivity contribution in [1.29, 1.82) is 0 Å². The summed E-state index contributed by atoms with van der Waals surface area (Å²) >= 11 is 11.8. The van der Waals surface area contributed by atoms with E-state index in [-0.39, 0.29) is 19.0 Å². The van der Waals surface area contributed by atoms with Gasteiger partial charge in [0, 0.05) is 37.2 Å². The Morgan fingerprint density at radius 2 is 1.59 bits per heavy atom. The lowest BCUT2D eigenvalue weighted by molar-refractivity contribution is 0.0698. The molecule has 0 N–H and O–H groups in total. The van der Waals surface area contributed by atoms with E-state index in [4.69, 9.17) is 23.2 Å². The first-order valence-electron chi connectivity index (χ1n) is 8.34. The molecule has 1 aliphatic rings. The lowest BCUT2D eigenvalue weighted by Crippen LogP contribution is -2.50. The molecule has 0 atom stereocenters. The van der Waals surface area contributed by atoms with Crippen LogP contribution in [0.5, 0.6) is 0 Å². The Labute approximate surface area is 168 Å². The summed E-state index contributed by atoms with van der Waals surface area (Å²) in [4.78, 5) is 14.2. The van der Waals surface area contributed by atoms with Crippen molar-refractivity contribution >= 4 is 45.2 Å². The molecule has 1 heterocycles. The number of sulfonamides is 1. The van der Waals surface area contributed by atoms with Crippen molar-refractivity contribution in [3.05, 3.63) is 75.1 Å². The fourth-order valence-electron chi connectivity index (χ4n) is 2.77. The van der Waals surface area contributed by atoms with E-state index < -0.39 is 10.0 Å². The number of benzene rings is 2. The van der Waals surface area contributed by atoms with Gasteiger partial charge in [0.25, 0.3) is 5.91 Å². The predicted octanol–water partition coefficient (Wildman–Crippen LogP) is 3.75. The van der Waals surface area contributed by atoms with Gasteiger partial charge in [-0.15, -0.1) is 0 Å². The van der Waals surface area contributed by atoms with Crippen LogP contribution in [0, 0.1) is 0 Å². The molecule has 0 saturated carbocycles. The zero-order valence-electron chi connectivity index (χ0n) is 14.4. The van der Waals surface area contributed by atoms with Crippen molar-refractivity contribution in [2.24, 2.45) is 0 Å². The standard InChI is InChI=1S/C19H18Cl2N2O3S/c20-17-7-6-16(14-18(17)21)19(24)22-9-11-23(12-10-22)27(25,26)13-8-15-4-2-1-3-5-15/h1-8,13-14H,9-12H2/b13-8+. The molecule has 0 spiro atoms. The van der Waals surface area contributed by atoms with Crippen molar-refractivity contribution in [3.63, 3.8) is 0 Å². The summed E-state index contributed by atoms with van der Waals surface area (Å²) in [5.41, 5.74) is 1.25. The molecule has 0 aliphatic carbocycles. The quantitative estimate of drug-likeness (QED) is 0.750. The minimum Gasteiger partial charge on any atom is -0.336 e. The van der Waals surface area contributed by atoms with Gasteiger partial charge in [0.2, 0.25) is 10.0 Å². The molecule has 27 heavy (non-hydrogen) atoms. The van der Waals surface area contributed by atoms with Gasteiger partial charge in [0.15, 0.2) is 0 Å². The predicted molar refractivity (Wildman–Crippen MR) is 108 cm³/mol. The van der Waals surface area contributed by atoms with Crippen LogP contribution in [0.2, 0.25) is 10.0 Å². The van der Waals surface area contributed by atoms with Gasteiger partial charge in [-0.05, 0) is 29.8 Å². The van der Waals surface area contributed by atoms with Crippen LogP contribution in [0.3, 0.4) is 0 Å². The summed E-state index contributed by atoms with van der Waals surface area (Å²) in [6, 6.07) is 13.9. The van der Waals surface area contributed by atoms with Crippen molar-refractivity contribution in [1.82, 2.24) is 9.21 Å². The van der Waals surface area contributed by atoms with Crippen LogP contribution >= 0.6 is 23.2 Å². The smallest absolute Gasteiger partial charge is 0.253 e. The third-order valence-electron chi connectivity index (χ3n) is 4.28. The average molecular weight is 425 g/mol. The summed E-state index contributed by atoms with van der Waals surface area (Å²) < 4.78 is 26.4. The zero-order chi connectivity index (χ0) is 19.4. The first kappa shape index (κ1) is 19.9. The maximum Gasteiger partial charge on any atom is 0.253 e. The van der Waals surface area contributed by atoms with Gasteiger partial charge >= 0.3 is 0 Å². The number of halogens is 2. The van der Waals surface area contributed by atoms with E-state index >= 15 is 0 Å². The van der Waals surface area contributed by atoms with Crippen LogP contribution in [-0.2, 0) is 10.0 Å². The first-order chi connectivity index (χ1) is 12.9. The van der Waals surface area contributed by atoms with Gasteiger partial charge in [-0.3, -0.25) is 4.79 Å². The Kier molecular flexibility index (Phi) is 6.22. The first-order valence-corrected chi connectivity index (χ1v) is 10.6. The van der Waals surface area contributed by atoms with E-state index in [1.807, 2.05) is 30.3 Å². The van der Waals surface area contributed by atoms with Gasteiger partial charge in [-0.25, -0.2) is 8.42 Å². The van der Waals surface area contributed by atoms with E-state index in [0.29, 0.717) is 28.7 Å². The second kappa shape index (κ2) is 8.44. The molecule has 1 fully saturated rings. The lowest BCUT2D eigenvalue weighted by atomic mass is 10.2. The Morgan fingerprint density at radius 1 is 0.926 bits per heavy atom.